The molecule has 0 spiro atoms. The average molecular weight is 256 g/mol. The van der Waals surface area contributed by atoms with E-state index in [1.165, 1.54) is 0 Å². The lowest BCUT2D eigenvalue weighted by Gasteiger charge is -2.28. The van der Waals surface area contributed by atoms with Crippen LogP contribution in [-0.4, -0.2) is 23.4 Å². The first-order valence-electron chi connectivity index (χ1n) is 5.71. The zero-order valence-corrected chi connectivity index (χ0v) is 9.34. The van der Waals surface area contributed by atoms with Gasteiger partial charge in [-0.2, -0.15) is 13.2 Å². The number of aliphatic carboxylic acids is 1. The van der Waals surface area contributed by atoms with Crippen molar-refractivity contribution in [2.75, 3.05) is 0 Å². The summed E-state index contributed by atoms with van der Waals surface area (Å²) in [6.45, 7) is 0. The maximum atomic E-state index is 12.8. The van der Waals surface area contributed by atoms with E-state index in [0.717, 1.165) is 0 Å². The zero-order valence-electron chi connectivity index (χ0n) is 9.34. The van der Waals surface area contributed by atoms with Crippen molar-refractivity contribution in [1.82, 2.24) is 0 Å². The summed E-state index contributed by atoms with van der Waals surface area (Å²) in [6, 6.07) is 0. The zero-order chi connectivity index (χ0) is 13.1. The van der Waals surface area contributed by atoms with Crippen LogP contribution in [0, 0.1) is 11.8 Å². The highest BCUT2D eigenvalue weighted by Crippen LogP contribution is 2.36. The van der Waals surface area contributed by atoms with Crippen LogP contribution < -0.4 is 0 Å². The van der Waals surface area contributed by atoms with E-state index in [1.807, 2.05) is 0 Å². The van der Waals surface area contributed by atoms with Crippen LogP contribution >= 0.6 is 0 Å². The molecule has 0 amide bonds. The Hall–Kier alpha value is -0.810. The third kappa shape index (κ3) is 4.91. The van der Waals surface area contributed by atoms with E-state index in [0.29, 0.717) is 25.7 Å². The fourth-order valence-electron chi connectivity index (χ4n) is 2.34. The predicted octanol–water partition coefficient (Wildman–Crippen LogP) is 3.56. The average Bonchev–Trinajstić information content (AvgIpc) is 2.18. The molecule has 0 bridgehead atoms. The van der Waals surface area contributed by atoms with Crippen LogP contribution in [-0.2, 0) is 4.79 Å². The molecule has 1 aliphatic carbocycles. The molecule has 1 aliphatic rings. The topological polar surface area (TPSA) is 37.3 Å². The first-order valence-corrected chi connectivity index (χ1v) is 5.71. The van der Waals surface area contributed by atoms with Gasteiger partial charge in [-0.15, -0.1) is 0 Å². The van der Waals surface area contributed by atoms with Crippen LogP contribution in [0.3, 0.4) is 0 Å². The van der Waals surface area contributed by atoms with Crippen LogP contribution in [0.5, 0.6) is 0 Å². The van der Waals surface area contributed by atoms with Crippen molar-refractivity contribution in [3.8, 4) is 0 Å². The van der Waals surface area contributed by atoms with Crippen LogP contribution in [0.2, 0.25) is 0 Å². The van der Waals surface area contributed by atoms with E-state index in [4.69, 9.17) is 5.11 Å². The van der Waals surface area contributed by atoms with E-state index in [-0.39, 0.29) is 18.3 Å². The Labute approximate surface area is 97.0 Å². The van der Waals surface area contributed by atoms with E-state index in [2.05, 4.69) is 0 Å². The Morgan fingerprint density at radius 3 is 2.06 bits per heavy atom. The highest BCUT2D eigenvalue weighted by Gasteiger charge is 2.41. The van der Waals surface area contributed by atoms with E-state index in [1.54, 1.807) is 0 Å². The van der Waals surface area contributed by atoms with Crippen molar-refractivity contribution in [3.63, 3.8) is 0 Å². The molecular formula is C11H16F4O2. The summed E-state index contributed by atoms with van der Waals surface area (Å²) < 4.78 is 48.8. The number of halogens is 4. The third-order valence-electron chi connectivity index (χ3n) is 3.33. The van der Waals surface area contributed by atoms with Crippen molar-refractivity contribution < 1.29 is 27.5 Å². The minimum absolute atomic E-state index is 0.0349. The SMILES string of the molecule is O=C(O)CC1CCC(CC(F)C(F)(F)F)CC1. The Bertz CT molecular complexity index is 257. The highest BCUT2D eigenvalue weighted by molar-refractivity contribution is 5.67. The van der Waals surface area contributed by atoms with Gasteiger partial charge in [-0.05, 0) is 31.1 Å². The monoisotopic (exact) mass is 256 g/mol. The summed E-state index contributed by atoms with van der Waals surface area (Å²) in [5.41, 5.74) is 0. The maximum absolute atomic E-state index is 12.8. The van der Waals surface area contributed by atoms with E-state index >= 15 is 0 Å². The molecule has 1 N–H and O–H groups in total. The lowest BCUT2D eigenvalue weighted by atomic mass is 9.78. The number of carbonyl (C=O) groups is 1. The highest BCUT2D eigenvalue weighted by atomic mass is 19.4. The van der Waals surface area contributed by atoms with Crippen molar-refractivity contribution in [1.29, 1.82) is 0 Å². The molecule has 0 saturated heterocycles. The van der Waals surface area contributed by atoms with Crippen molar-refractivity contribution in [3.05, 3.63) is 0 Å². The molecule has 1 fully saturated rings. The van der Waals surface area contributed by atoms with Gasteiger partial charge in [0.2, 0.25) is 0 Å². The van der Waals surface area contributed by atoms with Crippen LogP contribution in [0.4, 0.5) is 17.6 Å². The lowest BCUT2D eigenvalue weighted by molar-refractivity contribution is -0.185. The Balaban J connectivity index is 2.30. The second kappa shape index (κ2) is 5.69. The quantitative estimate of drug-likeness (QED) is 0.781. The lowest BCUT2D eigenvalue weighted by Crippen LogP contribution is -2.28. The molecule has 0 aromatic carbocycles. The van der Waals surface area contributed by atoms with Gasteiger partial charge in [0.25, 0.3) is 0 Å². The molecule has 100 valence electrons. The fraction of sp³-hybridized carbons (Fsp3) is 0.909. The normalized spacial score (nSPS) is 27.8. The van der Waals surface area contributed by atoms with Crippen LogP contribution in [0.15, 0.2) is 0 Å². The summed E-state index contributed by atoms with van der Waals surface area (Å²) in [6.07, 6.45) is -5.78. The molecule has 6 heteroatoms. The molecule has 0 aromatic rings. The van der Waals surface area contributed by atoms with Gasteiger partial charge in [0, 0.05) is 6.42 Å². The van der Waals surface area contributed by atoms with Gasteiger partial charge in [-0.25, -0.2) is 4.39 Å². The number of rotatable bonds is 4. The fourth-order valence-corrected chi connectivity index (χ4v) is 2.34. The molecule has 1 rings (SSSR count). The smallest absolute Gasteiger partial charge is 0.419 e. The molecule has 17 heavy (non-hydrogen) atoms. The summed E-state index contributed by atoms with van der Waals surface area (Å²) in [5.74, 6) is -1.11. The van der Waals surface area contributed by atoms with Gasteiger partial charge in [0.15, 0.2) is 6.17 Å². The summed E-state index contributed by atoms with van der Waals surface area (Å²) in [5, 5.41) is 8.57. The number of carboxylic acid groups (broad SMARTS) is 1. The summed E-state index contributed by atoms with van der Waals surface area (Å²) in [7, 11) is 0. The molecule has 1 atom stereocenters. The molecule has 1 unspecified atom stereocenters. The maximum Gasteiger partial charge on any atom is 0.419 e. The molecule has 0 aromatic heterocycles. The molecule has 1 saturated carbocycles. The van der Waals surface area contributed by atoms with Gasteiger partial charge in [-0.1, -0.05) is 12.8 Å². The third-order valence-corrected chi connectivity index (χ3v) is 3.33. The first kappa shape index (κ1) is 14.3. The van der Waals surface area contributed by atoms with E-state index in [9.17, 15) is 22.4 Å². The molecular weight excluding hydrogens is 240 g/mol. The van der Waals surface area contributed by atoms with Crippen molar-refractivity contribution >= 4 is 5.97 Å². The summed E-state index contributed by atoms with van der Waals surface area (Å²) in [4.78, 5) is 10.4. The van der Waals surface area contributed by atoms with Crippen molar-refractivity contribution in [2.45, 2.75) is 50.9 Å². The van der Waals surface area contributed by atoms with Gasteiger partial charge in [0.1, 0.15) is 0 Å². The standard InChI is InChI=1S/C11H16F4O2/c12-9(11(13,14)15)5-7-1-3-8(4-2-7)6-10(16)17/h7-9H,1-6H2,(H,16,17). The van der Waals surface area contributed by atoms with Crippen molar-refractivity contribution in [2.24, 2.45) is 11.8 Å². The molecule has 0 heterocycles. The number of carboxylic acids is 1. The minimum Gasteiger partial charge on any atom is -0.481 e. The number of alkyl halides is 4. The largest absolute Gasteiger partial charge is 0.481 e. The summed E-state index contributed by atoms with van der Waals surface area (Å²) >= 11 is 0. The molecule has 0 aliphatic heterocycles. The Morgan fingerprint density at radius 2 is 1.65 bits per heavy atom. The second-order valence-electron chi connectivity index (χ2n) is 4.73. The second-order valence-corrected chi connectivity index (χ2v) is 4.73. The van der Waals surface area contributed by atoms with Gasteiger partial charge < -0.3 is 5.11 Å². The Kier molecular flexibility index (Phi) is 4.77. The van der Waals surface area contributed by atoms with Crippen LogP contribution in [0.25, 0.3) is 0 Å². The number of hydrogen-bond acceptors (Lipinski definition) is 1. The van der Waals surface area contributed by atoms with Gasteiger partial charge in [0.05, 0.1) is 0 Å². The van der Waals surface area contributed by atoms with Gasteiger partial charge in [-0.3, -0.25) is 4.79 Å². The molecule has 2 nitrogen and oxygen atoms in total. The first-order chi connectivity index (χ1) is 7.79. The van der Waals surface area contributed by atoms with E-state index < -0.39 is 24.7 Å². The van der Waals surface area contributed by atoms with Crippen LogP contribution in [0.1, 0.15) is 38.5 Å². The minimum atomic E-state index is -4.77. The Morgan fingerprint density at radius 1 is 1.18 bits per heavy atom. The predicted molar refractivity (Wildman–Crippen MR) is 53.3 cm³/mol. The van der Waals surface area contributed by atoms with Gasteiger partial charge >= 0.3 is 12.1 Å². The number of hydrogen-bond donors (Lipinski definition) is 1. The molecule has 0 radical (unpaired) electrons.